The van der Waals surface area contributed by atoms with E-state index in [4.69, 9.17) is 9.47 Å². The smallest absolute Gasteiger partial charge is 0.258 e. The van der Waals surface area contributed by atoms with Crippen LogP contribution < -0.4 is 14.8 Å². The van der Waals surface area contributed by atoms with Crippen molar-refractivity contribution in [3.05, 3.63) is 58.1 Å². The molecule has 2 aromatic rings. The number of aryl methyl sites for hydroxylation is 3. The molecule has 0 fully saturated rings. The molecule has 2 aromatic carbocycles. The molecule has 1 atom stereocenters. The first kappa shape index (κ1) is 21.2. The standard InChI is InChI=1S/C25H33NO3/c1-16(2)22-14-23(17(3)12-24(22)28-5)18(4)26-25(27)15-29-21-11-10-19-8-6-7-9-20(19)13-21/h10-14,16,18H,6-9,15H2,1-5H3,(H,26,27)/t18-/m0/s1. The molecule has 1 amide bonds. The van der Waals surface area contributed by atoms with E-state index in [1.165, 1.54) is 24.0 Å². The Morgan fingerprint density at radius 1 is 1.03 bits per heavy atom. The van der Waals surface area contributed by atoms with Gasteiger partial charge in [0, 0.05) is 0 Å². The van der Waals surface area contributed by atoms with Crippen molar-refractivity contribution in [2.24, 2.45) is 0 Å². The Morgan fingerprint density at radius 2 is 1.76 bits per heavy atom. The second-order valence-corrected chi connectivity index (χ2v) is 8.32. The summed E-state index contributed by atoms with van der Waals surface area (Å²) in [6.07, 6.45) is 4.74. The zero-order valence-corrected chi connectivity index (χ0v) is 18.3. The van der Waals surface area contributed by atoms with Gasteiger partial charge in [-0.15, -0.1) is 0 Å². The Labute approximate surface area is 174 Å². The maximum absolute atomic E-state index is 12.5. The SMILES string of the molecule is COc1cc(C)c([C@H](C)NC(=O)COc2ccc3c(c2)CCCC3)cc1C(C)C. The van der Waals surface area contributed by atoms with E-state index in [0.717, 1.165) is 41.0 Å². The maximum atomic E-state index is 12.5. The molecule has 0 saturated carbocycles. The molecule has 0 spiro atoms. The van der Waals surface area contributed by atoms with Gasteiger partial charge in [0.1, 0.15) is 11.5 Å². The van der Waals surface area contributed by atoms with Gasteiger partial charge in [-0.1, -0.05) is 19.9 Å². The third-order valence-corrected chi connectivity index (χ3v) is 5.77. The third-order valence-electron chi connectivity index (χ3n) is 5.77. The average Bonchev–Trinajstić information content (AvgIpc) is 2.71. The molecule has 29 heavy (non-hydrogen) atoms. The van der Waals surface area contributed by atoms with E-state index < -0.39 is 0 Å². The fourth-order valence-corrected chi connectivity index (χ4v) is 4.12. The van der Waals surface area contributed by atoms with Crippen molar-refractivity contribution < 1.29 is 14.3 Å². The van der Waals surface area contributed by atoms with Gasteiger partial charge in [-0.05, 0) is 97.5 Å². The van der Waals surface area contributed by atoms with E-state index in [1.54, 1.807) is 7.11 Å². The number of carbonyl (C=O) groups is 1. The zero-order chi connectivity index (χ0) is 21.0. The van der Waals surface area contributed by atoms with Crippen molar-refractivity contribution in [2.45, 2.75) is 65.3 Å². The highest BCUT2D eigenvalue weighted by Gasteiger charge is 2.17. The third kappa shape index (κ3) is 5.11. The number of benzene rings is 2. The Hall–Kier alpha value is -2.49. The molecule has 0 saturated heterocycles. The molecule has 0 heterocycles. The fourth-order valence-electron chi connectivity index (χ4n) is 4.12. The quantitative estimate of drug-likeness (QED) is 0.695. The number of hydrogen-bond acceptors (Lipinski definition) is 3. The molecule has 0 radical (unpaired) electrons. The molecule has 1 aliphatic rings. The van der Waals surface area contributed by atoms with Crippen LogP contribution in [0.25, 0.3) is 0 Å². The second kappa shape index (κ2) is 9.34. The van der Waals surface area contributed by atoms with Crippen molar-refractivity contribution in [2.75, 3.05) is 13.7 Å². The van der Waals surface area contributed by atoms with E-state index in [2.05, 4.69) is 43.4 Å². The first-order chi connectivity index (χ1) is 13.9. The molecule has 0 unspecified atom stereocenters. The lowest BCUT2D eigenvalue weighted by atomic mass is 9.92. The van der Waals surface area contributed by atoms with Gasteiger partial charge in [-0.25, -0.2) is 0 Å². The van der Waals surface area contributed by atoms with Crippen molar-refractivity contribution in [3.63, 3.8) is 0 Å². The lowest BCUT2D eigenvalue weighted by molar-refractivity contribution is -0.123. The summed E-state index contributed by atoms with van der Waals surface area (Å²) in [6, 6.07) is 10.3. The molecule has 4 nitrogen and oxygen atoms in total. The molecule has 0 aromatic heterocycles. The van der Waals surface area contributed by atoms with Crippen LogP contribution in [0.5, 0.6) is 11.5 Å². The van der Waals surface area contributed by atoms with Crippen LogP contribution in [0.2, 0.25) is 0 Å². The average molecular weight is 396 g/mol. The molecule has 0 bridgehead atoms. The van der Waals surface area contributed by atoms with Crippen LogP contribution >= 0.6 is 0 Å². The minimum atomic E-state index is -0.114. The van der Waals surface area contributed by atoms with E-state index in [-0.39, 0.29) is 18.6 Å². The summed E-state index contributed by atoms with van der Waals surface area (Å²) in [5, 5.41) is 3.07. The first-order valence-corrected chi connectivity index (χ1v) is 10.6. The summed E-state index contributed by atoms with van der Waals surface area (Å²) in [4.78, 5) is 12.5. The van der Waals surface area contributed by atoms with Crippen molar-refractivity contribution in [3.8, 4) is 11.5 Å². The van der Waals surface area contributed by atoms with Crippen LogP contribution in [-0.4, -0.2) is 19.6 Å². The largest absolute Gasteiger partial charge is 0.496 e. The van der Waals surface area contributed by atoms with Gasteiger partial charge in [-0.2, -0.15) is 0 Å². The Kier molecular flexibility index (Phi) is 6.83. The summed E-state index contributed by atoms with van der Waals surface area (Å²) in [6.45, 7) is 8.37. The van der Waals surface area contributed by atoms with Gasteiger partial charge >= 0.3 is 0 Å². The Bertz CT molecular complexity index is 873. The summed E-state index contributed by atoms with van der Waals surface area (Å²) in [7, 11) is 1.70. The summed E-state index contributed by atoms with van der Waals surface area (Å²) in [5.74, 6) is 1.91. The number of fused-ring (bicyclic) bond motifs is 1. The molecule has 4 heteroatoms. The topological polar surface area (TPSA) is 47.6 Å². The summed E-state index contributed by atoms with van der Waals surface area (Å²) < 4.78 is 11.3. The minimum absolute atomic E-state index is 0.0232. The maximum Gasteiger partial charge on any atom is 0.258 e. The van der Waals surface area contributed by atoms with Crippen molar-refractivity contribution >= 4 is 5.91 Å². The van der Waals surface area contributed by atoms with Gasteiger partial charge in [-0.3, -0.25) is 4.79 Å². The van der Waals surface area contributed by atoms with Gasteiger partial charge in [0.15, 0.2) is 6.61 Å². The Morgan fingerprint density at radius 3 is 2.45 bits per heavy atom. The van der Waals surface area contributed by atoms with E-state index in [1.807, 2.05) is 19.9 Å². The lowest BCUT2D eigenvalue weighted by Gasteiger charge is -2.21. The predicted octanol–water partition coefficient (Wildman–Crippen LogP) is 5.26. The van der Waals surface area contributed by atoms with Gasteiger partial charge in [0.2, 0.25) is 0 Å². The molecule has 1 N–H and O–H groups in total. The van der Waals surface area contributed by atoms with Gasteiger partial charge < -0.3 is 14.8 Å². The fraction of sp³-hybridized carbons (Fsp3) is 0.480. The second-order valence-electron chi connectivity index (χ2n) is 8.32. The zero-order valence-electron chi connectivity index (χ0n) is 18.3. The van der Waals surface area contributed by atoms with Gasteiger partial charge in [0.05, 0.1) is 13.2 Å². The molecule has 3 rings (SSSR count). The normalized spacial score (nSPS) is 14.3. The number of hydrogen-bond donors (Lipinski definition) is 1. The highest BCUT2D eigenvalue weighted by Crippen LogP contribution is 2.32. The van der Waals surface area contributed by atoms with Crippen LogP contribution in [0, 0.1) is 6.92 Å². The van der Waals surface area contributed by atoms with Crippen LogP contribution in [0.1, 0.15) is 73.4 Å². The predicted molar refractivity (Wildman–Crippen MR) is 117 cm³/mol. The number of nitrogens with one attached hydrogen (secondary N) is 1. The highest BCUT2D eigenvalue weighted by atomic mass is 16.5. The molecular weight excluding hydrogens is 362 g/mol. The first-order valence-electron chi connectivity index (χ1n) is 10.6. The summed E-state index contributed by atoms with van der Waals surface area (Å²) in [5.41, 5.74) is 6.14. The number of amides is 1. The number of carbonyl (C=O) groups excluding carboxylic acids is 1. The van der Waals surface area contributed by atoms with Crippen LogP contribution in [0.15, 0.2) is 30.3 Å². The van der Waals surface area contributed by atoms with E-state index in [0.29, 0.717) is 5.92 Å². The number of rotatable bonds is 7. The lowest BCUT2D eigenvalue weighted by Crippen LogP contribution is -2.31. The Balaban J connectivity index is 1.63. The monoisotopic (exact) mass is 395 g/mol. The van der Waals surface area contributed by atoms with E-state index >= 15 is 0 Å². The van der Waals surface area contributed by atoms with Gasteiger partial charge in [0.25, 0.3) is 5.91 Å². The van der Waals surface area contributed by atoms with Crippen LogP contribution in [0.4, 0.5) is 0 Å². The van der Waals surface area contributed by atoms with Crippen LogP contribution in [-0.2, 0) is 17.6 Å². The van der Waals surface area contributed by atoms with Crippen molar-refractivity contribution in [1.82, 2.24) is 5.32 Å². The molecule has 1 aliphatic carbocycles. The molecular formula is C25H33NO3. The highest BCUT2D eigenvalue weighted by molar-refractivity contribution is 5.78. The molecule has 0 aliphatic heterocycles. The van der Waals surface area contributed by atoms with Crippen molar-refractivity contribution in [1.29, 1.82) is 0 Å². The van der Waals surface area contributed by atoms with E-state index in [9.17, 15) is 4.79 Å². The summed E-state index contributed by atoms with van der Waals surface area (Å²) >= 11 is 0. The number of ether oxygens (including phenoxy) is 2. The molecule has 156 valence electrons. The van der Waals surface area contributed by atoms with Crippen LogP contribution in [0.3, 0.4) is 0 Å². The number of methoxy groups -OCH3 is 1. The minimum Gasteiger partial charge on any atom is -0.496 e.